The molecule has 0 saturated heterocycles. The van der Waals surface area contributed by atoms with Crippen LogP contribution >= 0.6 is 0 Å². The first-order chi connectivity index (χ1) is 23.0. The van der Waals surface area contributed by atoms with Crippen molar-refractivity contribution in [3.05, 3.63) is 131 Å². The number of quaternary nitrogens is 1. The Bertz CT molecular complexity index is 2120. The van der Waals surface area contributed by atoms with Crippen LogP contribution in [0.2, 0.25) is 0 Å². The molecule has 0 saturated carbocycles. The van der Waals surface area contributed by atoms with E-state index in [1.165, 1.54) is 0 Å². The van der Waals surface area contributed by atoms with E-state index < -0.39 is 46.0 Å². The fourth-order valence-electron chi connectivity index (χ4n) is 8.17. The molecule has 6 aromatic carbocycles. The summed E-state index contributed by atoms with van der Waals surface area (Å²) >= 11 is 0. The van der Waals surface area contributed by atoms with Gasteiger partial charge in [0.1, 0.15) is 13.1 Å². The highest BCUT2D eigenvalue weighted by Crippen LogP contribution is 2.53. The van der Waals surface area contributed by atoms with Crippen LogP contribution in [-0.2, 0) is 13.1 Å². The van der Waals surface area contributed by atoms with Crippen molar-refractivity contribution in [3.8, 4) is 33.4 Å². The fourth-order valence-corrected chi connectivity index (χ4v) is 8.17. The molecule has 0 amide bonds. The molecule has 0 aliphatic carbocycles. The molecule has 0 bridgehead atoms. The minimum absolute atomic E-state index is 0.200. The van der Waals surface area contributed by atoms with E-state index >= 15 is 0 Å². The monoisotopic (exact) mass is 668 g/mol. The van der Waals surface area contributed by atoms with E-state index in [4.69, 9.17) is 0 Å². The molecule has 1 nitrogen and oxygen atoms in total. The summed E-state index contributed by atoms with van der Waals surface area (Å²) in [5.41, 5.74) is 3.87. The van der Waals surface area contributed by atoms with Crippen molar-refractivity contribution in [3.63, 3.8) is 0 Å². The number of fused-ring (bicyclic) bond motifs is 7. The van der Waals surface area contributed by atoms with Gasteiger partial charge in [0.05, 0.1) is 11.1 Å². The minimum atomic E-state index is -1.54. The van der Waals surface area contributed by atoms with Crippen molar-refractivity contribution >= 4 is 21.5 Å². The van der Waals surface area contributed by atoms with Gasteiger partial charge in [0, 0.05) is 22.3 Å². The molecule has 7 heteroatoms. The molecule has 1 heterocycles. The Morgan fingerprint density at radius 2 is 0.796 bits per heavy atom. The van der Waals surface area contributed by atoms with E-state index in [0.717, 1.165) is 68.1 Å². The van der Waals surface area contributed by atoms with Crippen LogP contribution in [0.1, 0.15) is 52.7 Å². The Morgan fingerprint density at radius 3 is 1.12 bits per heavy atom. The van der Waals surface area contributed by atoms with Crippen molar-refractivity contribution in [1.82, 2.24) is 0 Å². The maximum Gasteiger partial charge on any atom is 0.194 e. The molecular formula is C42H36F6N+. The Hall–Kier alpha value is -4.62. The Labute approximate surface area is 282 Å². The second kappa shape index (κ2) is 11.2. The van der Waals surface area contributed by atoms with Crippen molar-refractivity contribution < 1.29 is 30.8 Å². The van der Waals surface area contributed by atoms with Crippen LogP contribution in [0.5, 0.6) is 0 Å². The molecule has 1 aliphatic rings. The summed E-state index contributed by atoms with van der Waals surface area (Å²) in [6.45, 7) is 13.6. The summed E-state index contributed by atoms with van der Waals surface area (Å²) in [6, 6.07) is 23.4. The predicted molar refractivity (Wildman–Crippen MR) is 185 cm³/mol. The number of nitrogens with zero attached hydrogens (tertiary/aromatic N) is 1. The largest absolute Gasteiger partial charge is 0.308 e. The van der Waals surface area contributed by atoms with Crippen LogP contribution in [0, 0.1) is 34.9 Å². The van der Waals surface area contributed by atoms with E-state index in [2.05, 4.69) is 41.5 Å². The predicted octanol–water partition coefficient (Wildman–Crippen LogP) is 12.3. The highest BCUT2D eigenvalue weighted by molar-refractivity contribution is 6.12. The Kier molecular flexibility index (Phi) is 7.53. The lowest BCUT2D eigenvalue weighted by Crippen LogP contribution is -2.67. The molecule has 49 heavy (non-hydrogen) atoms. The summed E-state index contributed by atoms with van der Waals surface area (Å²) in [4.78, 5) is 0. The van der Waals surface area contributed by atoms with Gasteiger partial charge in [0.15, 0.2) is 34.9 Å². The maximum absolute atomic E-state index is 15.0. The molecule has 0 spiro atoms. The zero-order chi connectivity index (χ0) is 35.2. The standard InChI is InChI=1S/C42H36F6N/c1-41(2,3)49(42(4,5)6)21-31-29(25-17-33(43)39(47)34(44)18-25)15-23-11-7-9-13-27(23)37(31)38-28-14-10-8-12-24(28)16-30(32(38)22-49)26-19-35(45)40(48)36(46)20-26/h7-20H,21-22H2,1-6H3/q+1. The molecule has 6 aromatic rings. The van der Waals surface area contributed by atoms with E-state index in [1.807, 2.05) is 60.7 Å². The van der Waals surface area contributed by atoms with Gasteiger partial charge in [-0.3, -0.25) is 0 Å². The molecule has 0 radical (unpaired) electrons. The fraction of sp³-hybridized carbons (Fsp3) is 0.238. The highest BCUT2D eigenvalue weighted by atomic mass is 19.2. The van der Waals surface area contributed by atoms with Gasteiger partial charge < -0.3 is 4.48 Å². The Balaban J connectivity index is 1.76. The quantitative estimate of drug-likeness (QED) is 0.0979. The zero-order valence-electron chi connectivity index (χ0n) is 28.2. The molecule has 7 rings (SSSR count). The number of benzene rings is 6. The SMILES string of the molecule is CC(C)(C)[N+]1(C(C)(C)C)Cc2c(-c3cc(F)c(F)c(F)c3)cc3ccccc3c2-c2c(c(-c3cc(F)c(F)c(F)c3)cc3ccccc23)C1. The van der Waals surface area contributed by atoms with Gasteiger partial charge >= 0.3 is 0 Å². The van der Waals surface area contributed by atoms with Gasteiger partial charge in [-0.2, -0.15) is 0 Å². The van der Waals surface area contributed by atoms with Crippen LogP contribution in [0.15, 0.2) is 84.9 Å². The molecule has 0 fully saturated rings. The molecule has 1 aliphatic heterocycles. The normalized spacial score (nSPS) is 14.5. The van der Waals surface area contributed by atoms with E-state index in [0.29, 0.717) is 28.7 Å². The van der Waals surface area contributed by atoms with Gasteiger partial charge in [0.25, 0.3) is 0 Å². The topological polar surface area (TPSA) is 0 Å². The van der Waals surface area contributed by atoms with E-state index in [1.54, 1.807) is 0 Å². The molecule has 0 N–H and O–H groups in total. The summed E-state index contributed by atoms with van der Waals surface area (Å²) in [6.07, 6.45) is 0. The van der Waals surface area contributed by atoms with Crippen LogP contribution < -0.4 is 0 Å². The maximum atomic E-state index is 15.0. The average Bonchev–Trinajstić information content (AvgIpc) is 3.21. The van der Waals surface area contributed by atoms with Crippen molar-refractivity contribution in [2.45, 2.75) is 65.7 Å². The lowest BCUT2D eigenvalue weighted by molar-refractivity contribution is -1.03. The number of hydrogen-bond acceptors (Lipinski definition) is 0. The van der Waals surface area contributed by atoms with Crippen LogP contribution in [0.4, 0.5) is 26.3 Å². The molecule has 0 unspecified atom stereocenters. The van der Waals surface area contributed by atoms with Gasteiger partial charge in [-0.05, 0) is 122 Å². The summed E-state index contributed by atoms with van der Waals surface area (Å²) in [5, 5.41) is 3.36. The number of rotatable bonds is 2. The summed E-state index contributed by atoms with van der Waals surface area (Å²) in [5.74, 6) is -8.22. The number of halogens is 6. The second-order valence-electron chi connectivity index (χ2n) is 15.1. The third-order valence-electron chi connectivity index (χ3n) is 10.6. The van der Waals surface area contributed by atoms with Crippen molar-refractivity contribution in [1.29, 1.82) is 0 Å². The van der Waals surface area contributed by atoms with Crippen LogP contribution in [0.3, 0.4) is 0 Å². The van der Waals surface area contributed by atoms with Gasteiger partial charge in [-0.15, -0.1) is 0 Å². The van der Waals surface area contributed by atoms with Crippen LogP contribution in [0.25, 0.3) is 54.9 Å². The third-order valence-corrected chi connectivity index (χ3v) is 10.6. The first-order valence-electron chi connectivity index (χ1n) is 16.3. The first-order valence-corrected chi connectivity index (χ1v) is 16.3. The first kappa shape index (κ1) is 32.9. The average molecular weight is 669 g/mol. The van der Waals surface area contributed by atoms with E-state index in [9.17, 15) is 26.3 Å². The number of hydrogen-bond donors (Lipinski definition) is 0. The molecule has 0 aromatic heterocycles. The smallest absolute Gasteiger partial charge is 0.194 e. The van der Waals surface area contributed by atoms with Crippen molar-refractivity contribution in [2.75, 3.05) is 0 Å². The summed E-state index contributed by atoms with van der Waals surface area (Å²) in [7, 11) is 0. The third kappa shape index (κ3) is 5.04. The Morgan fingerprint density at radius 1 is 0.469 bits per heavy atom. The van der Waals surface area contributed by atoms with Crippen molar-refractivity contribution in [2.24, 2.45) is 0 Å². The van der Waals surface area contributed by atoms with E-state index in [-0.39, 0.29) is 11.1 Å². The van der Waals surface area contributed by atoms with Gasteiger partial charge in [-0.25, -0.2) is 26.3 Å². The minimum Gasteiger partial charge on any atom is -0.308 e. The molecule has 0 atom stereocenters. The summed E-state index contributed by atoms with van der Waals surface area (Å²) < 4.78 is 88.9. The second-order valence-corrected chi connectivity index (χ2v) is 15.1. The van der Waals surface area contributed by atoms with Gasteiger partial charge in [-0.1, -0.05) is 48.5 Å². The lowest BCUT2D eigenvalue weighted by atomic mass is 9.82. The molecule has 250 valence electrons. The zero-order valence-corrected chi connectivity index (χ0v) is 28.2. The van der Waals surface area contributed by atoms with Gasteiger partial charge in [0.2, 0.25) is 0 Å². The van der Waals surface area contributed by atoms with Crippen LogP contribution in [-0.4, -0.2) is 15.6 Å². The highest BCUT2D eigenvalue weighted by Gasteiger charge is 2.52. The molecular weight excluding hydrogens is 632 g/mol. The lowest BCUT2D eigenvalue weighted by Gasteiger charge is -2.57.